The maximum absolute atomic E-state index is 11.7. The Kier molecular flexibility index (Phi) is 4.83. The van der Waals surface area contributed by atoms with Crippen molar-refractivity contribution in [3.05, 3.63) is 92.0 Å². The molecule has 2 rings (SSSR count). The smallest absolute Gasteiger partial charge is 0.260 e. The van der Waals surface area contributed by atoms with E-state index in [1.54, 1.807) is 12.1 Å². The average Bonchev–Trinajstić information content (AvgIpc) is 2.64. The predicted molar refractivity (Wildman–Crippen MR) is 89.0 cm³/mol. The van der Waals surface area contributed by atoms with Crippen LogP contribution in [0.3, 0.4) is 0 Å². The number of benzene rings is 2. The largest absolute Gasteiger partial charge is 0.421 e. The Morgan fingerprint density at radius 3 is 1.32 bits per heavy atom. The molecule has 0 aliphatic rings. The zero-order valence-electron chi connectivity index (χ0n) is 12.9. The van der Waals surface area contributed by atoms with Gasteiger partial charge < -0.3 is 0 Å². The molecule has 25 heavy (non-hydrogen) atoms. The zero-order chi connectivity index (χ0) is 18.5. The van der Waals surface area contributed by atoms with Gasteiger partial charge >= 0.3 is 11.4 Å². The molecule has 0 N–H and O–H groups in total. The van der Waals surface area contributed by atoms with E-state index >= 15 is 0 Å². The molecule has 0 saturated carbocycles. The van der Waals surface area contributed by atoms with Crippen LogP contribution in [-0.4, -0.2) is 9.85 Å². The fourth-order valence-electron chi connectivity index (χ4n) is 2.28. The average molecular weight is 336 g/mol. The molecule has 0 bridgehead atoms. The van der Waals surface area contributed by atoms with E-state index in [9.17, 15) is 20.2 Å². The molecule has 0 radical (unpaired) electrons. The fourth-order valence-corrected chi connectivity index (χ4v) is 2.28. The highest BCUT2D eigenvalue weighted by atomic mass is 16.7. The van der Waals surface area contributed by atoms with Crippen LogP contribution >= 0.6 is 0 Å². The maximum atomic E-state index is 11.7. The van der Waals surface area contributed by atoms with Crippen LogP contribution in [0.4, 0.5) is 0 Å². The van der Waals surface area contributed by atoms with E-state index in [2.05, 4.69) is 0 Å². The Labute approximate surface area is 143 Å². The topological polar surface area (TPSA) is 95.5 Å². The lowest BCUT2D eigenvalue weighted by Crippen LogP contribution is -2.48. The molecule has 0 heterocycles. The molecule has 2 aromatic rings. The van der Waals surface area contributed by atoms with E-state index < -0.39 is 21.3 Å². The second-order valence-electron chi connectivity index (χ2n) is 4.93. The van der Waals surface area contributed by atoms with Gasteiger partial charge in [0.2, 0.25) is 0 Å². The molecule has 0 fully saturated rings. The van der Waals surface area contributed by atoms with Crippen LogP contribution in [0.1, 0.15) is 11.1 Å². The second kappa shape index (κ2) is 6.83. The summed E-state index contributed by atoms with van der Waals surface area (Å²) in [5.74, 6) is 3.85. The van der Waals surface area contributed by atoms with Gasteiger partial charge in [-0.25, -0.2) is 4.74 Å². The molecule has 0 aromatic heterocycles. The van der Waals surface area contributed by atoms with Crippen molar-refractivity contribution >= 4 is 0 Å². The highest BCUT2D eigenvalue weighted by Gasteiger charge is 2.59. The molecule has 0 spiro atoms. The minimum absolute atomic E-state index is 0.0556. The Hall–Kier alpha value is -3.68. The minimum atomic E-state index is -2.63. The lowest BCUT2D eigenvalue weighted by molar-refractivity contribution is -0.702. The molecule has 0 amide bonds. The SMILES string of the molecule is C#CC(OC(C#C)(c1ccccc1)[N+](=O)[O-])(c1ccccc1)[N+](=O)[O-]. The first kappa shape index (κ1) is 17.7. The van der Waals surface area contributed by atoms with Gasteiger partial charge in [0.1, 0.15) is 0 Å². The van der Waals surface area contributed by atoms with Crippen LogP contribution in [-0.2, 0) is 16.2 Å². The molecule has 2 atom stereocenters. The van der Waals surface area contributed by atoms with Gasteiger partial charge in [-0.1, -0.05) is 36.4 Å². The zero-order valence-corrected chi connectivity index (χ0v) is 12.9. The van der Waals surface area contributed by atoms with Crippen LogP contribution < -0.4 is 0 Å². The molecule has 2 aromatic carbocycles. The predicted octanol–water partition coefficient (Wildman–Crippen LogP) is 2.53. The van der Waals surface area contributed by atoms with Crippen LogP contribution in [0.5, 0.6) is 0 Å². The number of rotatable bonds is 6. The van der Waals surface area contributed by atoms with E-state index in [4.69, 9.17) is 17.6 Å². The molecular formula is C18H12N2O5. The first-order chi connectivity index (χ1) is 11.9. The van der Waals surface area contributed by atoms with E-state index in [1.807, 2.05) is 11.8 Å². The monoisotopic (exact) mass is 336 g/mol. The normalized spacial score (nSPS) is 15.0. The highest BCUT2D eigenvalue weighted by Crippen LogP contribution is 2.37. The van der Waals surface area contributed by atoms with Crippen molar-refractivity contribution in [2.75, 3.05) is 0 Å². The Morgan fingerprint density at radius 1 is 0.760 bits per heavy atom. The van der Waals surface area contributed by atoms with Crippen molar-refractivity contribution < 1.29 is 14.6 Å². The summed E-state index contributed by atoms with van der Waals surface area (Å²) in [6.07, 6.45) is 10.7. The Morgan fingerprint density at radius 2 is 1.08 bits per heavy atom. The first-order valence-corrected chi connectivity index (χ1v) is 6.98. The number of terminal acetylenes is 2. The Balaban J connectivity index is 2.71. The quantitative estimate of drug-likeness (QED) is 0.349. The van der Waals surface area contributed by atoms with Gasteiger partial charge in [-0.05, 0) is 24.3 Å². The summed E-state index contributed by atoms with van der Waals surface area (Å²) in [4.78, 5) is 21.7. The molecule has 0 aliphatic carbocycles. The van der Waals surface area contributed by atoms with Gasteiger partial charge in [-0.3, -0.25) is 20.2 Å². The third-order valence-corrected chi connectivity index (χ3v) is 3.53. The van der Waals surface area contributed by atoms with E-state index in [1.165, 1.54) is 48.5 Å². The van der Waals surface area contributed by atoms with Gasteiger partial charge in [-0.2, -0.15) is 0 Å². The maximum Gasteiger partial charge on any atom is 0.421 e. The van der Waals surface area contributed by atoms with Crippen molar-refractivity contribution in [2.45, 2.75) is 11.4 Å². The molecule has 7 heteroatoms. The van der Waals surface area contributed by atoms with E-state index in [0.29, 0.717) is 0 Å². The number of hydrogen-bond donors (Lipinski definition) is 0. The van der Waals surface area contributed by atoms with Crippen LogP contribution in [0.25, 0.3) is 0 Å². The fraction of sp³-hybridized carbons (Fsp3) is 0.111. The third kappa shape index (κ3) is 2.92. The molecule has 0 saturated heterocycles. The first-order valence-electron chi connectivity index (χ1n) is 6.98. The number of ether oxygens (including phenoxy) is 1. The van der Waals surface area contributed by atoms with Crippen molar-refractivity contribution in [3.8, 4) is 24.7 Å². The summed E-state index contributed by atoms with van der Waals surface area (Å²) in [7, 11) is 0. The van der Waals surface area contributed by atoms with Crippen LogP contribution in [0.2, 0.25) is 0 Å². The van der Waals surface area contributed by atoms with Crippen molar-refractivity contribution in [2.24, 2.45) is 0 Å². The van der Waals surface area contributed by atoms with Crippen LogP contribution in [0, 0.1) is 44.9 Å². The Bertz CT molecular complexity index is 796. The second-order valence-corrected chi connectivity index (χ2v) is 4.93. The molecule has 124 valence electrons. The summed E-state index contributed by atoms with van der Waals surface area (Å²) in [5.41, 5.74) is -5.37. The van der Waals surface area contributed by atoms with Crippen LogP contribution in [0.15, 0.2) is 60.7 Å². The van der Waals surface area contributed by atoms with Gasteiger partial charge in [0, 0.05) is 11.8 Å². The van der Waals surface area contributed by atoms with Gasteiger partial charge in [0.15, 0.2) is 0 Å². The summed E-state index contributed by atoms with van der Waals surface area (Å²) in [6, 6.07) is 14.6. The highest BCUT2D eigenvalue weighted by molar-refractivity contribution is 5.32. The summed E-state index contributed by atoms with van der Waals surface area (Å²) in [5, 5.41) is 23.5. The molecular weight excluding hydrogens is 324 g/mol. The number of nitrogens with zero attached hydrogens (tertiary/aromatic N) is 2. The van der Waals surface area contributed by atoms with Crippen molar-refractivity contribution in [1.29, 1.82) is 0 Å². The summed E-state index contributed by atoms with van der Waals surface area (Å²) < 4.78 is 5.35. The standard InChI is InChI=1S/C18H12N2O5/c1-3-17(19(21)22,15-11-7-5-8-12-15)25-18(4-2,20(23)24)16-13-9-6-10-14-16/h1-2,5-14H. The van der Waals surface area contributed by atoms with Gasteiger partial charge in [-0.15, -0.1) is 12.8 Å². The number of hydrogen-bond acceptors (Lipinski definition) is 5. The minimum Gasteiger partial charge on any atom is -0.260 e. The molecule has 0 aliphatic heterocycles. The van der Waals surface area contributed by atoms with Crippen molar-refractivity contribution in [1.82, 2.24) is 0 Å². The molecule has 7 nitrogen and oxygen atoms in total. The number of nitro groups is 2. The third-order valence-electron chi connectivity index (χ3n) is 3.53. The lowest BCUT2D eigenvalue weighted by atomic mass is 10.00. The van der Waals surface area contributed by atoms with Gasteiger partial charge in [0.05, 0.1) is 21.0 Å². The van der Waals surface area contributed by atoms with Gasteiger partial charge in [0.25, 0.3) is 0 Å². The van der Waals surface area contributed by atoms with E-state index in [-0.39, 0.29) is 11.1 Å². The van der Waals surface area contributed by atoms with E-state index in [0.717, 1.165) is 0 Å². The molecule has 2 unspecified atom stereocenters. The van der Waals surface area contributed by atoms with Crippen molar-refractivity contribution in [3.63, 3.8) is 0 Å². The lowest BCUT2D eigenvalue weighted by Gasteiger charge is -2.27. The summed E-state index contributed by atoms with van der Waals surface area (Å²) >= 11 is 0. The summed E-state index contributed by atoms with van der Waals surface area (Å²) in [6.45, 7) is 0.